The van der Waals surface area contributed by atoms with Gasteiger partial charge < -0.3 is 9.32 Å². The molecule has 1 saturated heterocycles. The van der Waals surface area contributed by atoms with Gasteiger partial charge in [0.25, 0.3) is 0 Å². The number of aryl methyl sites for hydroxylation is 1. The molecule has 6 heteroatoms. The van der Waals surface area contributed by atoms with Crippen molar-refractivity contribution in [2.45, 2.75) is 33.4 Å². The first kappa shape index (κ1) is 18.5. The predicted octanol–water partition coefficient (Wildman–Crippen LogP) is 1.71. The lowest BCUT2D eigenvalue weighted by Crippen LogP contribution is -2.54. The lowest BCUT2D eigenvalue weighted by molar-refractivity contribution is -0.134. The molecule has 0 aliphatic carbocycles. The van der Waals surface area contributed by atoms with Crippen LogP contribution in [0.3, 0.4) is 0 Å². The number of nitrogens with zero attached hydrogens (tertiary/aromatic N) is 4. The maximum Gasteiger partial charge on any atom is 0.236 e. The lowest BCUT2D eigenvalue weighted by atomic mass is 10.0. The lowest BCUT2D eigenvalue weighted by Gasteiger charge is -2.38. The van der Waals surface area contributed by atoms with Gasteiger partial charge in [0.1, 0.15) is 11.8 Å². The van der Waals surface area contributed by atoms with E-state index >= 15 is 0 Å². The highest BCUT2D eigenvalue weighted by atomic mass is 16.3. The second kappa shape index (κ2) is 8.32. The van der Waals surface area contributed by atoms with Gasteiger partial charge in [-0.15, -0.1) is 0 Å². The van der Waals surface area contributed by atoms with Crippen molar-refractivity contribution in [2.75, 3.05) is 39.8 Å². The van der Waals surface area contributed by atoms with Gasteiger partial charge in [0, 0.05) is 38.3 Å². The molecule has 1 aliphatic heterocycles. The molecule has 0 N–H and O–H groups in total. The van der Waals surface area contributed by atoms with Gasteiger partial charge in [-0.2, -0.15) is 5.26 Å². The molecule has 6 nitrogen and oxygen atoms in total. The fourth-order valence-electron chi connectivity index (χ4n) is 3.15. The van der Waals surface area contributed by atoms with Gasteiger partial charge in [0.05, 0.1) is 18.9 Å². The zero-order valence-corrected chi connectivity index (χ0v) is 15.2. The average molecular weight is 332 g/mol. The van der Waals surface area contributed by atoms with E-state index in [1.165, 1.54) is 0 Å². The van der Waals surface area contributed by atoms with Crippen LogP contribution in [0, 0.1) is 24.2 Å². The maximum atomic E-state index is 12.5. The van der Waals surface area contributed by atoms with Gasteiger partial charge in [-0.1, -0.05) is 13.8 Å². The van der Waals surface area contributed by atoms with Crippen LogP contribution < -0.4 is 0 Å². The molecule has 1 unspecified atom stereocenters. The number of furan rings is 1. The number of carbonyl (C=O) groups is 1. The topological polar surface area (TPSA) is 63.7 Å². The Kier molecular flexibility index (Phi) is 6.41. The summed E-state index contributed by atoms with van der Waals surface area (Å²) in [5, 5.41) is 9.30. The molecule has 2 heterocycles. The van der Waals surface area contributed by atoms with Gasteiger partial charge >= 0.3 is 0 Å². The molecule has 24 heavy (non-hydrogen) atoms. The normalized spacial score (nSPS) is 17.3. The number of nitriles is 1. The number of rotatable bonds is 6. The van der Waals surface area contributed by atoms with E-state index in [0.29, 0.717) is 32.1 Å². The smallest absolute Gasteiger partial charge is 0.236 e. The highest BCUT2D eigenvalue weighted by Crippen LogP contribution is 2.14. The van der Waals surface area contributed by atoms with Gasteiger partial charge in [-0.05, 0) is 26.0 Å². The fraction of sp³-hybridized carbons (Fsp3) is 0.667. The SMILES string of the molecule is Cc1occc1CN(C)CC(=O)N1CCN(C(C#N)C(C)C)CC1. The van der Waals surface area contributed by atoms with Crippen LogP contribution in [0.5, 0.6) is 0 Å². The highest BCUT2D eigenvalue weighted by molar-refractivity contribution is 5.78. The number of hydrogen-bond acceptors (Lipinski definition) is 5. The van der Waals surface area contributed by atoms with Gasteiger partial charge in [0.2, 0.25) is 5.91 Å². The molecule has 132 valence electrons. The number of carbonyl (C=O) groups excluding carboxylic acids is 1. The Morgan fingerprint density at radius 2 is 2.04 bits per heavy atom. The molecule has 1 aromatic heterocycles. The molecule has 1 aliphatic rings. The van der Waals surface area contributed by atoms with E-state index in [9.17, 15) is 10.1 Å². The number of hydrogen-bond donors (Lipinski definition) is 0. The van der Waals surface area contributed by atoms with Crippen LogP contribution in [0.25, 0.3) is 0 Å². The number of likely N-dealkylation sites (N-methyl/N-ethyl adjacent to an activating group) is 1. The first-order valence-electron chi connectivity index (χ1n) is 8.55. The quantitative estimate of drug-likeness (QED) is 0.793. The summed E-state index contributed by atoms with van der Waals surface area (Å²) in [6.07, 6.45) is 1.68. The minimum absolute atomic E-state index is 0.0611. The molecule has 1 atom stereocenters. The van der Waals surface area contributed by atoms with Crippen molar-refractivity contribution in [3.8, 4) is 6.07 Å². The molecule has 0 radical (unpaired) electrons. The van der Waals surface area contributed by atoms with Crippen molar-refractivity contribution < 1.29 is 9.21 Å². The average Bonchev–Trinajstić information content (AvgIpc) is 2.93. The Bertz CT molecular complexity index is 582. The first-order valence-corrected chi connectivity index (χ1v) is 8.55. The summed E-state index contributed by atoms with van der Waals surface area (Å²) in [4.78, 5) is 18.6. The van der Waals surface area contributed by atoms with E-state index < -0.39 is 0 Å². The van der Waals surface area contributed by atoms with Crippen LogP contribution in [-0.4, -0.2) is 66.4 Å². The molecule has 0 spiro atoms. The third-order valence-corrected chi connectivity index (χ3v) is 4.64. The molecule has 2 rings (SSSR count). The standard InChI is InChI=1S/C18H28N4O2/c1-14(2)17(11-19)21-6-8-22(9-7-21)18(23)13-20(4)12-16-5-10-24-15(16)3/h5,10,14,17H,6-9,12-13H2,1-4H3. The largest absolute Gasteiger partial charge is 0.469 e. The van der Waals surface area contributed by atoms with E-state index in [0.717, 1.165) is 24.4 Å². The predicted molar refractivity (Wildman–Crippen MR) is 92.2 cm³/mol. The summed E-state index contributed by atoms with van der Waals surface area (Å²) in [5.41, 5.74) is 1.11. The molecular weight excluding hydrogens is 304 g/mol. The molecule has 1 aromatic rings. The van der Waals surface area contributed by atoms with E-state index in [-0.39, 0.29) is 11.9 Å². The Balaban J connectivity index is 1.80. The van der Waals surface area contributed by atoms with E-state index in [4.69, 9.17) is 4.42 Å². The number of piperazine rings is 1. The van der Waals surface area contributed by atoms with Crippen LogP contribution in [0.2, 0.25) is 0 Å². The summed E-state index contributed by atoms with van der Waals surface area (Å²) >= 11 is 0. The Morgan fingerprint density at radius 1 is 1.38 bits per heavy atom. The minimum Gasteiger partial charge on any atom is -0.469 e. The van der Waals surface area contributed by atoms with Crippen LogP contribution in [0.15, 0.2) is 16.7 Å². The first-order chi connectivity index (χ1) is 11.4. The molecule has 0 saturated carbocycles. The molecule has 0 bridgehead atoms. The molecule has 1 fully saturated rings. The zero-order valence-electron chi connectivity index (χ0n) is 15.2. The van der Waals surface area contributed by atoms with Gasteiger partial charge in [0.15, 0.2) is 0 Å². The van der Waals surface area contributed by atoms with Crippen molar-refractivity contribution in [3.05, 3.63) is 23.7 Å². The van der Waals surface area contributed by atoms with Crippen molar-refractivity contribution in [1.29, 1.82) is 5.26 Å². The van der Waals surface area contributed by atoms with Crippen LogP contribution in [-0.2, 0) is 11.3 Å². The Morgan fingerprint density at radius 3 is 2.54 bits per heavy atom. The van der Waals surface area contributed by atoms with E-state index in [2.05, 4.69) is 24.8 Å². The Hall–Kier alpha value is -1.84. The monoisotopic (exact) mass is 332 g/mol. The van der Waals surface area contributed by atoms with Crippen molar-refractivity contribution in [2.24, 2.45) is 5.92 Å². The van der Waals surface area contributed by atoms with Crippen LogP contribution in [0.4, 0.5) is 0 Å². The zero-order chi connectivity index (χ0) is 17.7. The molecule has 0 aromatic carbocycles. The summed E-state index contributed by atoms with van der Waals surface area (Å²) in [6, 6.07) is 4.27. The van der Waals surface area contributed by atoms with Crippen molar-refractivity contribution in [1.82, 2.24) is 14.7 Å². The Labute approximate surface area is 144 Å². The van der Waals surface area contributed by atoms with E-state index in [1.54, 1.807) is 6.26 Å². The van der Waals surface area contributed by atoms with Crippen molar-refractivity contribution in [3.63, 3.8) is 0 Å². The van der Waals surface area contributed by atoms with Gasteiger partial charge in [-0.3, -0.25) is 14.6 Å². The molecule has 1 amide bonds. The highest BCUT2D eigenvalue weighted by Gasteiger charge is 2.27. The van der Waals surface area contributed by atoms with Gasteiger partial charge in [-0.25, -0.2) is 0 Å². The van der Waals surface area contributed by atoms with Crippen LogP contribution in [0.1, 0.15) is 25.2 Å². The summed E-state index contributed by atoms with van der Waals surface area (Å²) in [7, 11) is 1.95. The second-order valence-corrected chi connectivity index (χ2v) is 6.91. The van der Waals surface area contributed by atoms with E-state index in [1.807, 2.05) is 29.8 Å². The molecular formula is C18H28N4O2. The summed E-state index contributed by atoms with van der Waals surface area (Å²) in [6.45, 7) is 10.1. The number of amides is 1. The summed E-state index contributed by atoms with van der Waals surface area (Å²) < 4.78 is 5.30. The second-order valence-electron chi connectivity index (χ2n) is 6.91. The van der Waals surface area contributed by atoms with Crippen molar-refractivity contribution >= 4 is 5.91 Å². The third-order valence-electron chi connectivity index (χ3n) is 4.64. The maximum absolute atomic E-state index is 12.5. The third kappa shape index (κ3) is 4.59. The van der Waals surface area contributed by atoms with Crippen LogP contribution >= 0.6 is 0 Å². The summed E-state index contributed by atoms with van der Waals surface area (Å²) in [5.74, 6) is 1.36. The fourth-order valence-corrected chi connectivity index (χ4v) is 3.15. The minimum atomic E-state index is -0.0611.